The molecule has 4 aromatic rings. The van der Waals surface area contributed by atoms with Gasteiger partial charge in [0.25, 0.3) is 17.7 Å². The largest absolute Gasteiger partial charge is 0.416 e. The molecule has 4 N–H and O–H groups in total. The van der Waals surface area contributed by atoms with E-state index in [-0.39, 0.29) is 10.6 Å². The van der Waals surface area contributed by atoms with Gasteiger partial charge in [0.15, 0.2) is 5.82 Å². The van der Waals surface area contributed by atoms with Crippen LogP contribution in [0.2, 0.25) is 5.02 Å². The normalized spacial score (nSPS) is 14.4. The molecule has 3 amide bonds. The highest BCUT2D eigenvalue weighted by Crippen LogP contribution is 2.25. The van der Waals surface area contributed by atoms with Gasteiger partial charge in [-0.3, -0.25) is 20.0 Å². The molecule has 1 aliphatic rings. The predicted octanol–water partition coefficient (Wildman–Crippen LogP) is 4.36. The minimum Gasteiger partial charge on any atom is -0.386 e. The second kappa shape index (κ2) is 10.5. The van der Waals surface area contributed by atoms with Crippen molar-refractivity contribution in [2.75, 3.05) is 10.6 Å². The molecular formula is C26H18ClFN6O4. The van der Waals surface area contributed by atoms with Crippen molar-refractivity contribution in [3.63, 3.8) is 0 Å². The van der Waals surface area contributed by atoms with E-state index >= 15 is 0 Å². The third-order valence-electron chi connectivity index (χ3n) is 5.47. The third kappa shape index (κ3) is 5.08. The first-order valence-corrected chi connectivity index (χ1v) is 11.6. The van der Waals surface area contributed by atoms with Crippen molar-refractivity contribution < 1.29 is 23.5 Å². The molecule has 3 aromatic carbocycles. The molecule has 1 aliphatic heterocycles. The maximum absolute atomic E-state index is 14.8. The number of rotatable bonds is 5. The molecule has 0 bridgehead atoms. The van der Waals surface area contributed by atoms with Gasteiger partial charge in [-0.15, -0.1) is 5.10 Å². The Balaban J connectivity index is 1.33. The number of amides is 3. The minimum atomic E-state index is -1.40. The zero-order valence-electron chi connectivity index (χ0n) is 19.4. The summed E-state index contributed by atoms with van der Waals surface area (Å²) in [4.78, 5) is 42.3. The molecule has 0 saturated heterocycles. The molecule has 0 fully saturated rings. The van der Waals surface area contributed by atoms with Crippen LogP contribution in [0.5, 0.6) is 5.88 Å². The van der Waals surface area contributed by atoms with Gasteiger partial charge in [-0.2, -0.15) is 4.39 Å². The summed E-state index contributed by atoms with van der Waals surface area (Å²) in [6, 6.07) is 22.4. The van der Waals surface area contributed by atoms with Crippen molar-refractivity contribution in [2.24, 2.45) is 4.99 Å². The van der Waals surface area contributed by atoms with E-state index in [0.29, 0.717) is 22.5 Å². The number of fused-ring (bicyclic) bond motifs is 1. The highest BCUT2D eigenvalue weighted by Gasteiger charge is 2.29. The predicted molar refractivity (Wildman–Crippen MR) is 138 cm³/mol. The van der Waals surface area contributed by atoms with E-state index in [1.807, 2.05) is 30.3 Å². The van der Waals surface area contributed by atoms with Gasteiger partial charge in [-0.25, -0.2) is 9.79 Å². The maximum Gasteiger partial charge on any atom is 0.416 e. The Morgan fingerprint density at radius 2 is 1.68 bits per heavy atom. The summed E-state index contributed by atoms with van der Waals surface area (Å²) in [6.45, 7) is 0. The molecule has 1 aromatic heterocycles. The number of aliphatic imine (C=N–C) groups is 1. The number of para-hydroxylation sites is 1. The number of hydrogen-bond acceptors (Lipinski definition) is 6. The summed E-state index contributed by atoms with van der Waals surface area (Å²) in [5.41, 5.74) is 2.45. The number of aromatic nitrogens is 2. The van der Waals surface area contributed by atoms with Gasteiger partial charge >= 0.3 is 6.09 Å². The first-order valence-electron chi connectivity index (χ1n) is 11.2. The molecule has 1 atom stereocenters. The fourth-order valence-electron chi connectivity index (χ4n) is 3.70. The van der Waals surface area contributed by atoms with Crippen molar-refractivity contribution in [1.29, 1.82) is 0 Å². The number of carbonyl (C=O) groups excluding carboxylic acids is 3. The van der Waals surface area contributed by atoms with Gasteiger partial charge in [0.05, 0.1) is 22.0 Å². The van der Waals surface area contributed by atoms with Crippen LogP contribution >= 0.6 is 11.6 Å². The molecule has 0 radical (unpaired) electrons. The van der Waals surface area contributed by atoms with Crippen molar-refractivity contribution in [3.8, 4) is 5.88 Å². The molecule has 0 saturated carbocycles. The number of carbonyl (C=O) groups is 3. The van der Waals surface area contributed by atoms with Gasteiger partial charge in [0.1, 0.15) is 0 Å². The molecule has 12 heteroatoms. The average Bonchev–Trinajstić information content (AvgIpc) is 3.18. The van der Waals surface area contributed by atoms with E-state index < -0.39 is 41.6 Å². The Labute approximate surface area is 219 Å². The lowest BCUT2D eigenvalue weighted by Crippen LogP contribution is -2.43. The first-order chi connectivity index (χ1) is 18.4. The molecule has 2 heterocycles. The summed E-state index contributed by atoms with van der Waals surface area (Å²) < 4.78 is 19.8. The molecule has 0 spiro atoms. The zero-order chi connectivity index (χ0) is 26.6. The van der Waals surface area contributed by atoms with Gasteiger partial charge in [-0.1, -0.05) is 72.3 Å². The number of aromatic amines is 1. The van der Waals surface area contributed by atoms with Crippen molar-refractivity contribution in [3.05, 3.63) is 106 Å². The summed E-state index contributed by atoms with van der Waals surface area (Å²) in [5, 5.41) is 13.3. The molecular weight excluding hydrogens is 515 g/mol. The first kappa shape index (κ1) is 24.7. The number of anilines is 2. The fourth-order valence-corrected chi connectivity index (χ4v) is 3.92. The number of nitrogens with zero attached hydrogens (tertiary/aromatic N) is 2. The maximum atomic E-state index is 14.8. The lowest BCUT2D eigenvalue weighted by molar-refractivity contribution is -0.117. The molecule has 38 heavy (non-hydrogen) atoms. The van der Waals surface area contributed by atoms with E-state index in [2.05, 4.69) is 31.1 Å². The number of benzodiazepines with no additional fused rings is 1. The average molecular weight is 533 g/mol. The molecule has 1 unspecified atom stereocenters. The monoisotopic (exact) mass is 532 g/mol. The van der Waals surface area contributed by atoms with Crippen molar-refractivity contribution in [1.82, 2.24) is 15.5 Å². The lowest BCUT2D eigenvalue weighted by atomic mass is 10.0. The summed E-state index contributed by atoms with van der Waals surface area (Å²) in [6.07, 6.45) is -2.59. The molecule has 190 valence electrons. The molecule has 10 nitrogen and oxygen atoms in total. The smallest absolute Gasteiger partial charge is 0.386 e. The van der Waals surface area contributed by atoms with Crippen LogP contribution in [0.15, 0.2) is 83.9 Å². The topological polar surface area (TPSA) is 138 Å². The Morgan fingerprint density at radius 1 is 0.974 bits per heavy atom. The van der Waals surface area contributed by atoms with E-state index in [1.54, 1.807) is 36.4 Å². The van der Waals surface area contributed by atoms with Crippen LogP contribution in [0.25, 0.3) is 0 Å². The number of H-pyrrole nitrogens is 1. The van der Waals surface area contributed by atoms with Crippen LogP contribution in [0.3, 0.4) is 0 Å². The Morgan fingerprint density at radius 3 is 2.47 bits per heavy atom. The molecule has 5 rings (SSSR count). The zero-order valence-corrected chi connectivity index (χ0v) is 20.1. The summed E-state index contributed by atoms with van der Waals surface area (Å²) in [7, 11) is 0. The Bertz CT molecular complexity index is 1570. The Hall–Kier alpha value is -5.03. The highest BCUT2D eigenvalue weighted by molar-refractivity contribution is 6.34. The van der Waals surface area contributed by atoms with Crippen LogP contribution in [0, 0.1) is 5.82 Å². The summed E-state index contributed by atoms with van der Waals surface area (Å²) >= 11 is 5.99. The van der Waals surface area contributed by atoms with E-state index in [9.17, 15) is 18.8 Å². The number of benzene rings is 3. The van der Waals surface area contributed by atoms with Crippen molar-refractivity contribution >= 4 is 46.7 Å². The van der Waals surface area contributed by atoms with E-state index in [1.165, 1.54) is 12.1 Å². The van der Waals surface area contributed by atoms with Crippen LogP contribution in [0.1, 0.15) is 21.5 Å². The van der Waals surface area contributed by atoms with Gasteiger partial charge < -0.3 is 15.4 Å². The summed E-state index contributed by atoms with van der Waals surface area (Å²) in [5.74, 6) is -3.65. The van der Waals surface area contributed by atoms with Crippen LogP contribution in [-0.2, 0) is 4.79 Å². The Kier molecular flexibility index (Phi) is 6.83. The third-order valence-corrected chi connectivity index (χ3v) is 5.80. The van der Waals surface area contributed by atoms with E-state index in [0.717, 1.165) is 0 Å². The molecule has 0 aliphatic carbocycles. The number of hydrogen-bond donors (Lipinski definition) is 4. The SMILES string of the molecule is O=C(NC1N=C(c2ccccc2)c2ccccc2NC1=O)Oc1n[nH]c(NC(=O)c2ccccc2Cl)c1F. The van der Waals surface area contributed by atoms with Gasteiger partial charge in [-0.05, 0) is 18.2 Å². The number of nitrogens with one attached hydrogen (secondary N) is 4. The standard InChI is InChI=1S/C26H18ClFN6O4/c27-17-12-6-4-10-15(17)23(35)31-21-19(28)25(34-33-21)38-26(37)32-22-24(36)29-18-13-7-5-11-16(18)20(30-22)14-8-2-1-3-9-14/h1-13,22H,(H,29,36)(H,32,37)(H2,31,33,34,35). The lowest BCUT2D eigenvalue weighted by Gasteiger charge is -2.12. The van der Waals surface area contributed by atoms with Crippen LogP contribution in [-0.4, -0.2) is 40.0 Å². The van der Waals surface area contributed by atoms with Crippen molar-refractivity contribution in [2.45, 2.75) is 6.17 Å². The highest BCUT2D eigenvalue weighted by atomic mass is 35.5. The number of ether oxygens (including phenoxy) is 1. The minimum absolute atomic E-state index is 0.107. The van der Waals surface area contributed by atoms with Crippen LogP contribution in [0.4, 0.5) is 20.7 Å². The van der Waals surface area contributed by atoms with E-state index in [4.69, 9.17) is 16.3 Å². The fraction of sp³-hybridized carbons (Fsp3) is 0.0385. The second-order valence-corrected chi connectivity index (χ2v) is 8.37. The second-order valence-electron chi connectivity index (χ2n) is 7.97. The quantitative estimate of drug-likeness (QED) is 0.302. The number of halogens is 2. The van der Waals surface area contributed by atoms with Crippen LogP contribution < -0.4 is 20.7 Å². The van der Waals surface area contributed by atoms with Gasteiger partial charge in [0, 0.05) is 11.1 Å². The van der Waals surface area contributed by atoms with Gasteiger partial charge in [0.2, 0.25) is 12.0 Å².